The quantitative estimate of drug-likeness (QED) is 0.352. The highest BCUT2D eigenvalue weighted by molar-refractivity contribution is 5.87. The van der Waals surface area contributed by atoms with Gasteiger partial charge in [0.25, 0.3) is 0 Å². The molecular formula is C28H30N2O3. The van der Waals surface area contributed by atoms with Crippen LogP contribution in [0.2, 0.25) is 0 Å². The second-order valence-corrected chi connectivity index (χ2v) is 8.06. The number of nitrogens with zero attached hydrogens (tertiary/aromatic N) is 1. The van der Waals surface area contributed by atoms with Gasteiger partial charge >= 0.3 is 0 Å². The van der Waals surface area contributed by atoms with Crippen LogP contribution in [-0.4, -0.2) is 37.8 Å². The van der Waals surface area contributed by atoms with Crippen molar-refractivity contribution < 1.29 is 14.3 Å². The average molecular weight is 443 g/mol. The van der Waals surface area contributed by atoms with E-state index >= 15 is 0 Å². The van der Waals surface area contributed by atoms with E-state index in [2.05, 4.69) is 70.7 Å². The molecule has 4 rings (SSSR count). The van der Waals surface area contributed by atoms with E-state index in [4.69, 9.17) is 9.47 Å². The van der Waals surface area contributed by atoms with Crippen molar-refractivity contribution in [2.75, 3.05) is 27.4 Å². The number of benzene rings is 3. The summed E-state index contributed by atoms with van der Waals surface area (Å²) in [6.07, 6.45) is 2.51. The lowest BCUT2D eigenvalue weighted by Gasteiger charge is -2.20. The van der Waals surface area contributed by atoms with Crippen molar-refractivity contribution in [3.63, 3.8) is 0 Å². The SMILES string of the molecule is COCCNC(=O)CC(c1ccccc1OC)c1cn(Cc2ccccc2)c2ccccc12. The molecule has 5 nitrogen and oxygen atoms in total. The maximum absolute atomic E-state index is 12.9. The minimum absolute atomic E-state index is 0.0113. The molecule has 1 amide bonds. The van der Waals surface area contributed by atoms with Crippen molar-refractivity contribution in [3.8, 4) is 5.75 Å². The Morgan fingerprint density at radius 2 is 1.64 bits per heavy atom. The molecule has 0 radical (unpaired) electrons. The molecule has 170 valence electrons. The van der Waals surface area contributed by atoms with Gasteiger partial charge in [0, 0.05) is 55.2 Å². The van der Waals surface area contributed by atoms with Crippen LogP contribution in [0.15, 0.2) is 85.1 Å². The van der Waals surface area contributed by atoms with Gasteiger partial charge in [-0.15, -0.1) is 0 Å². The van der Waals surface area contributed by atoms with Gasteiger partial charge in [0.2, 0.25) is 5.91 Å². The van der Waals surface area contributed by atoms with E-state index in [9.17, 15) is 4.79 Å². The normalized spacial score (nSPS) is 11.9. The maximum Gasteiger partial charge on any atom is 0.221 e. The molecule has 0 saturated heterocycles. The lowest BCUT2D eigenvalue weighted by molar-refractivity contribution is -0.121. The Labute approximate surface area is 195 Å². The average Bonchev–Trinajstić information content (AvgIpc) is 3.21. The zero-order valence-corrected chi connectivity index (χ0v) is 19.2. The Balaban J connectivity index is 1.77. The number of ether oxygens (including phenoxy) is 2. The molecule has 33 heavy (non-hydrogen) atoms. The number of nitrogens with one attached hydrogen (secondary N) is 1. The molecule has 0 aliphatic carbocycles. The Hall–Kier alpha value is -3.57. The third-order valence-electron chi connectivity index (χ3n) is 5.92. The summed E-state index contributed by atoms with van der Waals surface area (Å²) in [5.41, 5.74) is 4.50. The van der Waals surface area contributed by atoms with E-state index in [1.54, 1.807) is 14.2 Å². The van der Waals surface area contributed by atoms with E-state index in [0.717, 1.165) is 34.3 Å². The van der Waals surface area contributed by atoms with E-state index in [0.29, 0.717) is 19.6 Å². The highest BCUT2D eigenvalue weighted by Crippen LogP contribution is 2.38. The number of fused-ring (bicyclic) bond motifs is 1. The van der Waals surface area contributed by atoms with Crippen LogP contribution in [0.1, 0.15) is 29.0 Å². The van der Waals surface area contributed by atoms with Gasteiger partial charge in [-0.25, -0.2) is 0 Å². The molecule has 1 N–H and O–H groups in total. The van der Waals surface area contributed by atoms with Gasteiger partial charge in [0.05, 0.1) is 13.7 Å². The standard InChI is InChI=1S/C28H30N2O3/c1-32-17-16-29-28(31)18-24(23-13-7-9-15-27(23)33-2)25-20-30(19-21-10-4-3-5-11-21)26-14-8-6-12-22(25)26/h3-15,20,24H,16-19H2,1-2H3,(H,29,31). The Morgan fingerprint density at radius 1 is 0.909 bits per heavy atom. The largest absolute Gasteiger partial charge is 0.496 e. The van der Waals surface area contributed by atoms with Gasteiger partial charge in [-0.1, -0.05) is 66.7 Å². The van der Waals surface area contributed by atoms with Crippen molar-refractivity contribution in [3.05, 3.63) is 102 Å². The first kappa shape index (κ1) is 22.6. The Morgan fingerprint density at radius 3 is 2.42 bits per heavy atom. The number of carbonyl (C=O) groups excluding carboxylic acids is 1. The predicted molar refractivity (Wildman–Crippen MR) is 132 cm³/mol. The summed E-state index contributed by atoms with van der Waals surface area (Å²) >= 11 is 0. The number of hydrogen-bond acceptors (Lipinski definition) is 3. The fourth-order valence-corrected chi connectivity index (χ4v) is 4.36. The number of hydrogen-bond donors (Lipinski definition) is 1. The lowest BCUT2D eigenvalue weighted by atomic mass is 9.87. The molecule has 0 saturated carbocycles. The van der Waals surface area contributed by atoms with Crippen molar-refractivity contribution in [2.24, 2.45) is 0 Å². The zero-order chi connectivity index (χ0) is 23.0. The molecule has 1 aromatic heterocycles. The fraction of sp³-hybridized carbons (Fsp3) is 0.250. The van der Waals surface area contributed by atoms with Crippen LogP contribution in [0.4, 0.5) is 0 Å². The van der Waals surface area contributed by atoms with Crippen LogP contribution in [-0.2, 0) is 16.1 Å². The summed E-state index contributed by atoms with van der Waals surface area (Å²) in [5, 5.41) is 4.12. The van der Waals surface area contributed by atoms with Crippen LogP contribution < -0.4 is 10.1 Å². The summed E-state index contributed by atoms with van der Waals surface area (Å²) in [6.45, 7) is 1.74. The zero-order valence-electron chi connectivity index (χ0n) is 19.2. The van der Waals surface area contributed by atoms with Crippen molar-refractivity contribution >= 4 is 16.8 Å². The molecule has 4 aromatic rings. The van der Waals surface area contributed by atoms with Gasteiger partial charge in [-0.2, -0.15) is 0 Å². The molecule has 0 aliphatic rings. The number of rotatable bonds is 10. The van der Waals surface area contributed by atoms with Gasteiger partial charge in [0.15, 0.2) is 0 Å². The highest BCUT2D eigenvalue weighted by atomic mass is 16.5. The lowest BCUT2D eigenvalue weighted by Crippen LogP contribution is -2.28. The fourth-order valence-electron chi connectivity index (χ4n) is 4.36. The number of methoxy groups -OCH3 is 2. The number of aromatic nitrogens is 1. The van der Waals surface area contributed by atoms with Crippen LogP contribution in [0.25, 0.3) is 10.9 Å². The van der Waals surface area contributed by atoms with Gasteiger partial charge in [-0.3, -0.25) is 4.79 Å². The summed E-state index contributed by atoms with van der Waals surface area (Å²) < 4.78 is 13.0. The monoisotopic (exact) mass is 442 g/mol. The minimum Gasteiger partial charge on any atom is -0.496 e. The predicted octanol–water partition coefficient (Wildman–Crippen LogP) is 4.98. The molecule has 0 bridgehead atoms. The summed E-state index contributed by atoms with van der Waals surface area (Å²) in [7, 11) is 3.30. The summed E-state index contributed by atoms with van der Waals surface area (Å²) in [5.74, 6) is 0.626. The van der Waals surface area contributed by atoms with E-state index in [-0.39, 0.29) is 11.8 Å². The Kier molecular flexibility index (Phi) is 7.43. The summed E-state index contributed by atoms with van der Waals surface area (Å²) in [6, 6.07) is 26.8. The second kappa shape index (κ2) is 10.8. The van der Waals surface area contributed by atoms with Crippen molar-refractivity contribution in [1.82, 2.24) is 9.88 Å². The molecule has 0 spiro atoms. The minimum atomic E-state index is -0.148. The first-order chi connectivity index (χ1) is 16.2. The summed E-state index contributed by atoms with van der Waals surface area (Å²) in [4.78, 5) is 12.9. The van der Waals surface area contributed by atoms with E-state index in [1.807, 2.05) is 24.3 Å². The first-order valence-electron chi connectivity index (χ1n) is 11.2. The van der Waals surface area contributed by atoms with Crippen molar-refractivity contribution in [2.45, 2.75) is 18.9 Å². The molecule has 1 unspecified atom stereocenters. The third kappa shape index (κ3) is 5.26. The topological polar surface area (TPSA) is 52.5 Å². The third-order valence-corrected chi connectivity index (χ3v) is 5.92. The number of para-hydroxylation sites is 2. The highest BCUT2D eigenvalue weighted by Gasteiger charge is 2.25. The van der Waals surface area contributed by atoms with Gasteiger partial charge in [-0.05, 0) is 23.3 Å². The van der Waals surface area contributed by atoms with E-state index < -0.39 is 0 Å². The number of carbonyl (C=O) groups is 1. The van der Waals surface area contributed by atoms with Crippen LogP contribution >= 0.6 is 0 Å². The molecule has 0 aliphatic heterocycles. The smallest absolute Gasteiger partial charge is 0.221 e. The molecular weight excluding hydrogens is 412 g/mol. The molecule has 0 fully saturated rings. The van der Waals surface area contributed by atoms with Crippen molar-refractivity contribution in [1.29, 1.82) is 0 Å². The molecule has 1 atom stereocenters. The van der Waals surface area contributed by atoms with Crippen LogP contribution in [0.5, 0.6) is 5.75 Å². The van der Waals surface area contributed by atoms with E-state index in [1.165, 1.54) is 5.56 Å². The van der Waals surface area contributed by atoms with Gasteiger partial charge < -0.3 is 19.4 Å². The Bertz CT molecular complexity index is 1200. The first-order valence-corrected chi connectivity index (χ1v) is 11.2. The van der Waals surface area contributed by atoms with Crippen LogP contribution in [0.3, 0.4) is 0 Å². The second-order valence-electron chi connectivity index (χ2n) is 8.06. The molecule has 3 aromatic carbocycles. The maximum atomic E-state index is 12.9. The van der Waals surface area contributed by atoms with Gasteiger partial charge in [0.1, 0.15) is 5.75 Å². The van der Waals surface area contributed by atoms with Crippen LogP contribution in [0, 0.1) is 0 Å². The number of amides is 1. The molecule has 1 heterocycles. The molecule has 5 heteroatoms.